The van der Waals surface area contributed by atoms with Crippen LogP contribution < -0.4 is 0 Å². The van der Waals surface area contributed by atoms with Gasteiger partial charge in [-0.05, 0) is 111 Å². The zero-order valence-corrected chi connectivity index (χ0v) is 42.9. The molecule has 0 saturated carbocycles. The zero-order chi connectivity index (χ0) is 50.4. The van der Waals surface area contributed by atoms with Gasteiger partial charge in [0.1, 0.15) is 22.3 Å². The molecule has 6 heteroatoms. The highest BCUT2D eigenvalue weighted by atomic mass is 16.3. The molecule has 0 saturated heterocycles. The Morgan fingerprint density at radius 1 is 0.392 bits per heavy atom. The summed E-state index contributed by atoms with van der Waals surface area (Å²) < 4.78 is 15.5. The molecule has 0 amide bonds. The average Bonchev–Trinajstić information content (AvgIpc) is 4.09. The van der Waals surface area contributed by atoms with Gasteiger partial charge in [0.25, 0.3) is 0 Å². The van der Waals surface area contributed by atoms with E-state index in [0.717, 1.165) is 88.5 Å². The number of hydrogen-bond acceptors (Lipinski definition) is 5. The fourth-order valence-electron chi connectivity index (χ4n) is 11.5. The van der Waals surface area contributed by atoms with Crippen molar-refractivity contribution in [3.05, 3.63) is 204 Å². The van der Waals surface area contributed by atoms with Crippen LogP contribution in [0.3, 0.4) is 0 Å². The zero-order valence-electron chi connectivity index (χ0n) is 42.9. The van der Waals surface area contributed by atoms with Gasteiger partial charge in [-0.15, -0.1) is 0 Å². The number of rotatable bonds is 4. The topological polar surface area (TPSA) is 69.9 Å². The highest BCUT2D eigenvalue weighted by Gasteiger charge is 2.34. The summed E-state index contributed by atoms with van der Waals surface area (Å²) >= 11 is 0. The van der Waals surface area contributed by atoms with Gasteiger partial charge in [0, 0.05) is 65.5 Å². The number of benzene rings is 9. The Morgan fingerprint density at radius 3 is 1.53 bits per heavy atom. The minimum absolute atomic E-state index is 0.0465. The molecule has 5 heterocycles. The van der Waals surface area contributed by atoms with Crippen molar-refractivity contribution in [3.63, 3.8) is 0 Å². The summed E-state index contributed by atoms with van der Waals surface area (Å²) in [5.41, 5.74) is 18.3. The van der Waals surface area contributed by atoms with Crippen molar-refractivity contribution in [2.24, 2.45) is 0 Å². The molecule has 4 aromatic heterocycles. The van der Waals surface area contributed by atoms with E-state index in [0.29, 0.717) is 17.5 Å². The van der Waals surface area contributed by atoms with Crippen LogP contribution in [0.4, 0.5) is 0 Å². The maximum Gasteiger partial charge on any atom is 0.164 e. The Hall–Kier alpha value is -8.61. The van der Waals surface area contributed by atoms with E-state index in [1.807, 2.05) is 36.4 Å². The maximum absolute atomic E-state index is 6.45. The Morgan fingerprint density at radius 2 is 0.919 bits per heavy atom. The van der Waals surface area contributed by atoms with Crippen molar-refractivity contribution in [1.82, 2.24) is 19.5 Å². The first kappa shape index (κ1) is 44.1. The molecule has 14 rings (SSSR count). The molecular formula is C68H54N4O2. The molecule has 0 unspecified atom stereocenters. The third-order valence-electron chi connectivity index (χ3n) is 15.7. The van der Waals surface area contributed by atoms with E-state index in [2.05, 4.69) is 206 Å². The molecular weight excluding hydrogens is 905 g/mol. The predicted octanol–water partition coefficient (Wildman–Crippen LogP) is 18.3. The molecule has 0 atom stereocenters. The number of furan rings is 2. The Bertz CT molecular complexity index is 4340. The monoisotopic (exact) mass is 958 g/mol. The fraction of sp³-hybridized carbons (Fsp3) is 0.162. The van der Waals surface area contributed by atoms with Crippen LogP contribution in [0.25, 0.3) is 128 Å². The highest BCUT2D eigenvalue weighted by molar-refractivity contribution is 6.13. The molecule has 0 aliphatic carbocycles. The molecule has 0 fully saturated rings. The van der Waals surface area contributed by atoms with Crippen molar-refractivity contribution in [2.75, 3.05) is 0 Å². The second kappa shape index (κ2) is 15.7. The van der Waals surface area contributed by atoms with Crippen LogP contribution in [0.15, 0.2) is 191 Å². The lowest BCUT2D eigenvalue weighted by atomic mass is 9.74. The molecule has 1 aliphatic rings. The van der Waals surface area contributed by atoms with Crippen molar-refractivity contribution in [1.29, 1.82) is 0 Å². The minimum atomic E-state index is -0.369. The summed E-state index contributed by atoms with van der Waals surface area (Å²) in [5, 5.41) is 6.75. The normalized spacial score (nSPS) is 13.5. The lowest BCUT2D eigenvalue weighted by Gasteiger charge is -2.30. The molecule has 9 aromatic carbocycles. The summed E-state index contributed by atoms with van der Waals surface area (Å²) in [6, 6.07) is 65.7. The van der Waals surface area contributed by atoms with Crippen LogP contribution in [0.1, 0.15) is 77.6 Å². The molecule has 2 bridgehead atoms. The smallest absolute Gasteiger partial charge is 0.164 e. The van der Waals surface area contributed by atoms with E-state index in [1.165, 1.54) is 44.1 Å². The molecule has 13 aromatic rings. The van der Waals surface area contributed by atoms with Crippen molar-refractivity contribution in [3.8, 4) is 62.1 Å². The van der Waals surface area contributed by atoms with Crippen LogP contribution >= 0.6 is 0 Å². The highest BCUT2D eigenvalue weighted by Crippen LogP contribution is 2.50. The summed E-state index contributed by atoms with van der Waals surface area (Å²) in [6.45, 7) is 18.7. The standard InChI is InChI=1S/C68H54N4O2/c1-66(2,3)44-27-30-56-53(36-44)54-37-46(67(4,5)6)38-55-62(54)72(56)61-51(39-17-10-9-11-18-39)32-43(33-52(61)40-19-16-20-45(31-40)68(55,7)8)65-70-63(41-25-28-49-47-21-12-14-23-57(47)73-59(49)34-41)69-64(71-65)42-26-29-50-48-22-13-15-24-58(48)74-60(50)35-42/h9-38H,1-8H3. The van der Waals surface area contributed by atoms with E-state index >= 15 is 0 Å². The van der Waals surface area contributed by atoms with Gasteiger partial charge >= 0.3 is 0 Å². The van der Waals surface area contributed by atoms with E-state index in [4.69, 9.17) is 23.8 Å². The molecule has 358 valence electrons. The number of para-hydroxylation sites is 2. The van der Waals surface area contributed by atoms with Gasteiger partial charge in [0.15, 0.2) is 17.5 Å². The average molecular weight is 959 g/mol. The van der Waals surface area contributed by atoms with Crippen LogP contribution in [0.2, 0.25) is 0 Å². The van der Waals surface area contributed by atoms with E-state index in [9.17, 15) is 0 Å². The Kier molecular flexibility index (Phi) is 9.36. The van der Waals surface area contributed by atoms with Gasteiger partial charge in [-0.25, -0.2) is 15.0 Å². The largest absolute Gasteiger partial charge is 0.456 e. The van der Waals surface area contributed by atoms with Crippen molar-refractivity contribution >= 4 is 65.7 Å². The van der Waals surface area contributed by atoms with E-state index < -0.39 is 0 Å². The SMILES string of the molecule is CC(C)(C)c1ccc2c(c1)c1cc(C(C)(C)C)cc3c1n2-c1c(-c2ccccc2)cc(-c2nc(-c4ccc5c(c4)oc4ccccc45)nc(-c4ccc5c(c4)oc4ccccc45)n2)cc1-c1cccc(c1)C3(C)C. The van der Waals surface area contributed by atoms with Crippen LogP contribution in [0.5, 0.6) is 0 Å². The van der Waals surface area contributed by atoms with Gasteiger partial charge in [-0.1, -0.05) is 171 Å². The van der Waals surface area contributed by atoms with Gasteiger partial charge in [-0.3, -0.25) is 0 Å². The van der Waals surface area contributed by atoms with Crippen LogP contribution in [-0.2, 0) is 16.2 Å². The molecule has 74 heavy (non-hydrogen) atoms. The van der Waals surface area contributed by atoms with Gasteiger partial charge in [0.2, 0.25) is 0 Å². The second-order valence-electron chi connectivity index (χ2n) is 22.9. The molecule has 0 N–H and O–H groups in total. The summed E-state index contributed by atoms with van der Waals surface area (Å²) in [5.74, 6) is 1.65. The van der Waals surface area contributed by atoms with Crippen LogP contribution in [-0.4, -0.2) is 19.5 Å². The summed E-state index contributed by atoms with van der Waals surface area (Å²) in [4.78, 5) is 16.2. The van der Waals surface area contributed by atoms with Crippen molar-refractivity contribution in [2.45, 2.75) is 71.6 Å². The lowest BCUT2D eigenvalue weighted by Crippen LogP contribution is -2.22. The number of fused-ring (bicyclic) bond motifs is 14. The molecule has 0 radical (unpaired) electrons. The summed E-state index contributed by atoms with van der Waals surface area (Å²) in [7, 11) is 0. The fourth-order valence-corrected chi connectivity index (χ4v) is 11.5. The number of nitrogens with zero attached hydrogens (tertiary/aromatic N) is 4. The third-order valence-corrected chi connectivity index (χ3v) is 15.7. The first-order chi connectivity index (χ1) is 35.7. The first-order valence-corrected chi connectivity index (χ1v) is 25.7. The van der Waals surface area contributed by atoms with E-state index in [1.54, 1.807) is 0 Å². The van der Waals surface area contributed by atoms with Gasteiger partial charge < -0.3 is 13.4 Å². The van der Waals surface area contributed by atoms with Crippen molar-refractivity contribution < 1.29 is 8.83 Å². The number of hydrogen-bond donors (Lipinski definition) is 0. The number of aromatic nitrogens is 4. The quantitative estimate of drug-likeness (QED) is 0.176. The summed E-state index contributed by atoms with van der Waals surface area (Å²) in [6.07, 6.45) is 0. The molecule has 0 spiro atoms. The molecule has 1 aliphatic heterocycles. The Balaban J connectivity index is 1.09. The third kappa shape index (κ3) is 6.81. The predicted molar refractivity (Wildman–Crippen MR) is 305 cm³/mol. The Labute approximate surface area is 430 Å². The van der Waals surface area contributed by atoms with E-state index in [-0.39, 0.29) is 16.2 Å². The van der Waals surface area contributed by atoms with Gasteiger partial charge in [0.05, 0.1) is 16.7 Å². The minimum Gasteiger partial charge on any atom is -0.456 e. The van der Waals surface area contributed by atoms with Gasteiger partial charge in [-0.2, -0.15) is 0 Å². The first-order valence-electron chi connectivity index (χ1n) is 25.7. The lowest BCUT2D eigenvalue weighted by molar-refractivity contribution is 0.584. The maximum atomic E-state index is 6.45. The second-order valence-corrected chi connectivity index (χ2v) is 22.9. The molecule has 6 nitrogen and oxygen atoms in total. The van der Waals surface area contributed by atoms with Crippen LogP contribution in [0, 0.1) is 0 Å².